The van der Waals surface area contributed by atoms with Crippen LogP contribution >= 0.6 is 0 Å². The van der Waals surface area contributed by atoms with Gasteiger partial charge in [-0.05, 0) is 0 Å². The Hall–Kier alpha value is -1.26. The summed E-state index contributed by atoms with van der Waals surface area (Å²) < 4.78 is 0. The number of carbonyl (C=O) groups excluding carboxylic acids is 2. The Balaban J connectivity index is 1.67. The van der Waals surface area contributed by atoms with Gasteiger partial charge in [-0.2, -0.15) is 0 Å². The van der Waals surface area contributed by atoms with Crippen LogP contribution < -0.4 is 10.6 Å². The predicted octanol–water partition coefficient (Wildman–Crippen LogP) is -2.54. The number of hydrogen-bond acceptors (Lipinski definition) is 9. The average molecular weight is 302 g/mol. The Morgan fingerprint density at radius 2 is 1.43 bits per heavy atom. The molecule has 3 N–H and O–H groups in total. The standard InChI is InChI=1S/C12H22N4O5/c17-10(12(19)21-16-7-3-14-4-8-16)9-11(18)20-15-5-1-13-2-6-15/h10,13-14,17H,1-9H2. The van der Waals surface area contributed by atoms with Crippen molar-refractivity contribution in [1.29, 1.82) is 0 Å². The second-order valence-corrected chi connectivity index (χ2v) is 4.95. The van der Waals surface area contributed by atoms with Crippen LogP contribution in [0.2, 0.25) is 0 Å². The van der Waals surface area contributed by atoms with Crippen LogP contribution in [-0.4, -0.2) is 85.6 Å². The number of aliphatic hydroxyl groups excluding tert-OH is 1. The van der Waals surface area contributed by atoms with Crippen molar-refractivity contribution in [2.45, 2.75) is 12.5 Å². The van der Waals surface area contributed by atoms with E-state index in [-0.39, 0.29) is 0 Å². The molecule has 2 saturated heterocycles. The summed E-state index contributed by atoms with van der Waals surface area (Å²) in [5.41, 5.74) is 0. The maximum absolute atomic E-state index is 11.7. The lowest BCUT2D eigenvalue weighted by atomic mass is 10.2. The molecule has 120 valence electrons. The van der Waals surface area contributed by atoms with Gasteiger partial charge in [-0.25, -0.2) is 4.79 Å². The molecule has 0 aliphatic carbocycles. The lowest BCUT2D eigenvalue weighted by Crippen LogP contribution is -2.46. The van der Waals surface area contributed by atoms with Gasteiger partial charge in [-0.15, -0.1) is 10.1 Å². The van der Waals surface area contributed by atoms with E-state index in [0.29, 0.717) is 39.3 Å². The highest BCUT2D eigenvalue weighted by Crippen LogP contribution is 2.04. The van der Waals surface area contributed by atoms with E-state index in [0.717, 1.165) is 13.1 Å². The minimum atomic E-state index is -1.50. The molecule has 2 fully saturated rings. The summed E-state index contributed by atoms with van der Waals surface area (Å²) in [4.78, 5) is 33.4. The Morgan fingerprint density at radius 3 is 1.95 bits per heavy atom. The molecule has 0 amide bonds. The number of nitrogens with one attached hydrogen (secondary N) is 2. The van der Waals surface area contributed by atoms with Crippen molar-refractivity contribution in [2.75, 3.05) is 52.4 Å². The summed E-state index contributed by atoms with van der Waals surface area (Å²) in [7, 11) is 0. The quantitative estimate of drug-likeness (QED) is 0.507. The molecule has 0 spiro atoms. The van der Waals surface area contributed by atoms with Crippen LogP contribution in [0.25, 0.3) is 0 Å². The van der Waals surface area contributed by atoms with Gasteiger partial charge in [0.25, 0.3) is 0 Å². The minimum Gasteiger partial charge on any atom is -0.381 e. The van der Waals surface area contributed by atoms with Crippen LogP contribution in [-0.2, 0) is 19.3 Å². The highest BCUT2D eigenvalue weighted by Gasteiger charge is 2.26. The topological polar surface area (TPSA) is 103 Å². The summed E-state index contributed by atoms with van der Waals surface area (Å²) in [5, 5.41) is 18.9. The van der Waals surface area contributed by atoms with Crippen molar-refractivity contribution >= 4 is 11.9 Å². The normalized spacial score (nSPS) is 22.5. The number of rotatable bonds is 5. The second kappa shape index (κ2) is 8.25. The van der Waals surface area contributed by atoms with Crippen LogP contribution in [0.1, 0.15) is 6.42 Å². The predicted molar refractivity (Wildman–Crippen MR) is 71.7 cm³/mol. The SMILES string of the molecule is O=C(CC(O)C(=O)ON1CCNCC1)ON1CCNCC1. The van der Waals surface area contributed by atoms with E-state index < -0.39 is 24.5 Å². The number of nitrogens with zero attached hydrogens (tertiary/aromatic N) is 2. The third kappa shape index (κ3) is 5.56. The van der Waals surface area contributed by atoms with E-state index in [1.165, 1.54) is 10.1 Å². The monoisotopic (exact) mass is 302 g/mol. The molecule has 0 saturated carbocycles. The number of hydroxylamine groups is 4. The van der Waals surface area contributed by atoms with Gasteiger partial charge < -0.3 is 25.4 Å². The van der Waals surface area contributed by atoms with E-state index in [4.69, 9.17) is 9.68 Å². The zero-order valence-corrected chi connectivity index (χ0v) is 11.9. The van der Waals surface area contributed by atoms with E-state index in [1.54, 1.807) is 0 Å². The fourth-order valence-electron chi connectivity index (χ4n) is 2.08. The van der Waals surface area contributed by atoms with Crippen LogP contribution in [0, 0.1) is 0 Å². The van der Waals surface area contributed by atoms with Crippen molar-refractivity contribution in [2.24, 2.45) is 0 Å². The average Bonchev–Trinajstić information content (AvgIpc) is 2.49. The lowest BCUT2D eigenvalue weighted by molar-refractivity contribution is -0.209. The van der Waals surface area contributed by atoms with Crippen LogP contribution in [0.3, 0.4) is 0 Å². The van der Waals surface area contributed by atoms with Crippen LogP contribution in [0.15, 0.2) is 0 Å². The summed E-state index contributed by atoms with van der Waals surface area (Å²) in [6.45, 7) is 5.21. The van der Waals surface area contributed by atoms with Crippen LogP contribution in [0.5, 0.6) is 0 Å². The third-order valence-electron chi connectivity index (χ3n) is 3.23. The highest BCUT2D eigenvalue weighted by molar-refractivity contribution is 5.81. The first-order chi connectivity index (χ1) is 10.1. The molecule has 2 rings (SSSR count). The second-order valence-electron chi connectivity index (χ2n) is 4.95. The summed E-state index contributed by atoms with van der Waals surface area (Å²) in [6.07, 6.45) is -1.91. The molecule has 0 radical (unpaired) electrons. The molecule has 1 atom stereocenters. The van der Waals surface area contributed by atoms with E-state index >= 15 is 0 Å². The van der Waals surface area contributed by atoms with Gasteiger partial charge in [0.2, 0.25) is 0 Å². The van der Waals surface area contributed by atoms with E-state index in [1.807, 2.05) is 0 Å². The lowest BCUT2D eigenvalue weighted by Gasteiger charge is -2.27. The zero-order chi connectivity index (χ0) is 15.1. The van der Waals surface area contributed by atoms with Gasteiger partial charge in [0.05, 0.1) is 6.42 Å². The Morgan fingerprint density at radius 1 is 0.952 bits per heavy atom. The summed E-state index contributed by atoms with van der Waals surface area (Å²) in [6, 6.07) is 0. The molecule has 2 aliphatic heterocycles. The number of hydrogen-bond donors (Lipinski definition) is 3. The third-order valence-corrected chi connectivity index (χ3v) is 3.23. The van der Waals surface area contributed by atoms with Gasteiger partial charge in [0.1, 0.15) is 0 Å². The molecule has 0 aromatic rings. The first-order valence-electron chi connectivity index (χ1n) is 7.17. The molecule has 21 heavy (non-hydrogen) atoms. The smallest absolute Gasteiger partial charge is 0.354 e. The first-order valence-corrected chi connectivity index (χ1v) is 7.17. The number of piperazine rings is 2. The molecular weight excluding hydrogens is 280 g/mol. The molecule has 2 heterocycles. The fraction of sp³-hybridized carbons (Fsp3) is 0.833. The molecule has 0 aromatic heterocycles. The van der Waals surface area contributed by atoms with Gasteiger partial charge in [-0.3, -0.25) is 4.79 Å². The molecule has 1 unspecified atom stereocenters. The van der Waals surface area contributed by atoms with Gasteiger partial charge in [-0.1, -0.05) is 0 Å². The molecule has 0 aromatic carbocycles. The molecule has 2 aliphatic rings. The van der Waals surface area contributed by atoms with Gasteiger partial charge in [0.15, 0.2) is 6.10 Å². The largest absolute Gasteiger partial charge is 0.381 e. The molecular formula is C12H22N4O5. The molecule has 9 nitrogen and oxygen atoms in total. The zero-order valence-electron chi connectivity index (χ0n) is 11.9. The van der Waals surface area contributed by atoms with Crippen molar-refractivity contribution < 1.29 is 24.4 Å². The van der Waals surface area contributed by atoms with Crippen molar-refractivity contribution in [3.8, 4) is 0 Å². The number of carbonyl (C=O) groups is 2. The maximum atomic E-state index is 11.7. The summed E-state index contributed by atoms with van der Waals surface area (Å²) >= 11 is 0. The van der Waals surface area contributed by atoms with E-state index in [9.17, 15) is 14.7 Å². The Bertz CT molecular complexity index is 356. The molecule has 0 bridgehead atoms. The van der Waals surface area contributed by atoms with Gasteiger partial charge >= 0.3 is 11.9 Å². The maximum Gasteiger partial charge on any atom is 0.354 e. The fourth-order valence-corrected chi connectivity index (χ4v) is 2.08. The number of aliphatic hydroxyl groups is 1. The first kappa shape index (κ1) is 16.1. The van der Waals surface area contributed by atoms with Crippen molar-refractivity contribution in [3.63, 3.8) is 0 Å². The van der Waals surface area contributed by atoms with E-state index in [2.05, 4.69) is 10.6 Å². The summed E-state index contributed by atoms with van der Waals surface area (Å²) in [5.74, 6) is -1.46. The highest BCUT2D eigenvalue weighted by atomic mass is 16.7. The van der Waals surface area contributed by atoms with Crippen molar-refractivity contribution in [3.05, 3.63) is 0 Å². The molecule has 9 heteroatoms. The van der Waals surface area contributed by atoms with Crippen LogP contribution in [0.4, 0.5) is 0 Å². The minimum absolute atomic E-state index is 0.408. The van der Waals surface area contributed by atoms with Gasteiger partial charge in [0, 0.05) is 52.4 Å². The Kier molecular flexibility index (Phi) is 6.33. The van der Waals surface area contributed by atoms with Crippen molar-refractivity contribution in [1.82, 2.24) is 20.8 Å². The Labute approximate surface area is 123 Å².